The number of nitrogens with zero attached hydrogens (tertiary/aromatic N) is 1. The molecule has 0 aliphatic carbocycles. The zero-order valence-electron chi connectivity index (χ0n) is 17.2. The van der Waals surface area contributed by atoms with Crippen LogP contribution >= 0.6 is 0 Å². The van der Waals surface area contributed by atoms with Gasteiger partial charge in [0.15, 0.2) is 17.3 Å². The molecule has 0 fully saturated rings. The number of hydrogen-bond acceptors (Lipinski definition) is 5. The Labute approximate surface area is 187 Å². The van der Waals surface area contributed by atoms with Crippen molar-refractivity contribution in [2.45, 2.75) is 6.54 Å². The van der Waals surface area contributed by atoms with E-state index in [-0.39, 0.29) is 24.3 Å². The molecule has 5 rings (SSSR count). The molecule has 8 heteroatoms. The quantitative estimate of drug-likeness (QED) is 0.474. The van der Waals surface area contributed by atoms with E-state index in [1.54, 1.807) is 36.4 Å². The van der Waals surface area contributed by atoms with Gasteiger partial charge in [0.1, 0.15) is 12.4 Å². The van der Waals surface area contributed by atoms with Gasteiger partial charge >= 0.3 is 0 Å². The molecular formula is C25H17FN2O5. The molecule has 0 bridgehead atoms. The zero-order chi connectivity index (χ0) is 22.9. The summed E-state index contributed by atoms with van der Waals surface area (Å²) in [6.45, 7) is -0.177. The minimum Gasteiger partial charge on any atom is -0.454 e. The molecule has 4 aromatic rings. The van der Waals surface area contributed by atoms with E-state index >= 15 is 0 Å². The second-order valence-corrected chi connectivity index (χ2v) is 7.47. The van der Waals surface area contributed by atoms with Crippen LogP contribution in [0.5, 0.6) is 11.5 Å². The SMILES string of the molecule is O=C(Cn1cc(C(=O)c2ccccc2)c(=O)c2cc3c(cc21)OCO3)Nc1ccc(F)cc1. The number of aromatic nitrogens is 1. The number of nitrogens with one attached hydrogen (secondary N) is 1. The zero-order valence-corrected chi connectivity index (χ0v) is 17.2. The van der Waals surface area contributed by atoms with Crippen LogP contribution in [0.4, 0.5) is 10.1 Å². The van der Waals surface area contributed by atoms with Gasteiger partial charge in [-0.15, -0.1) is 0 Å². The lowest BCUT2D eigenvalue weighted by atomic mass is 10.0. The number of pyridine rings is 1. The highest BCUT2D eigenvalue weighted by molar-refractivity contribution is 6.10. The summed E-state index contributed by atoms with van der Waals surface area (Å²) in [5, 5.41) is 2.92. The summed E-state index contributed by atoms with van der Waals surface area (Å²) < 4.78 is 25.5. The molecule has 1 N–H and O–H groups in total. The minimum absolute atomic E-state index is 0.0146. The van der Waals surface area contributed by atoms with Crippen LogP contribution in [0.3, 0.4) is 0 Å². The van der Waals surface area contributed by atoms with Crippen LogP contribution in [0.15, 0.2) is 77.7 Å². The Bertz CT molecular complexity index is 1450. The van der Waals surface area contributed by atoms with E-state index in [9.17, 15) is 18.8 Å². The first-order valence-electron chi connectivity index (χ1n) is 10.1. The summed E-state index contributed by atoms with van der Waals surface area (Å²) in [4.78, 5) is 39.1. The van der Waals surface area contributed by atoms with E-state index < -0.39 is 22.9 Å². The summed E-state index contributed by atoms with van der Waals surface area (Å²) in [5.41, 5.74) is 0.666. The van der Waals surface area contributed by atoms with E-state index in [0.717, 1.165) is 0 Å². The Morgan fingerprint density at radius 2 is 1.67 bits per heavy atom. The van der Waals surface area contributed by atoms with Gasteiger partial charge in [0.25, 0.3) is 0 Å². The van der Waals surface area contributed by atoms with Crippen LogP contribution in [0.1, 0.15) is 15.9 Å². The fourth-order valence-electron chi connectivity index (χ4n) is 3.71. The van der Waals surface area contributed by atoms with Gasteiger partial charge in [-0.3, -0.25) is 14.4 Å². The van der Waals surface area contributed by atoms with Gasteiger partial charge in [0.05, 0.1) is 16.5 Å². The number of halogens is 1. The van der Waals surface area contributed by atoms with Crippen molar-refractivity contribution in [3.8, 4) is 11.5 Å². The molecule has 33 heavy (non-hydrogen) atoms. The maximum Gasteiger partial charge on any atom is 0.244 e. The number of carbonyl (C=O) groups is 2. The average Bonchev–Trinajstić information content (AvgIpc) is 3.29. The summed E-state index contributed by atoms with van der Waals surface area (Å²) >= 11 is 0. The molecule has 0 saturated carbocycles. The Morgan fingerprint density at radius 1 is 0.970 bits per heavy atom. The standard InChI is InChI=1S/C25H17FN2O5/c26-16-6-8-17(9-7-16)27-23(29)13-28-12-19(24(30)15-4-2-1-3-5-15)25(31)18-10-21-22(11-20(18)28)33-14-32-21/h1-12H,13-14H2,(H,27,29). The molecule has 1 aliphatic heterocycles. The molecule has 1 amide bonds. The minimum atomic E-state index is -0.465. The number of ether oxygens (including phenoxy) is 2. The highest BCUT2D eigenvalue weighted by Gasteiger charge is 2.22. The highest BCUT2D eigenvalue weighted by atomic mass is 19.1. The smallest absolute Gasteiger partial charge is 0.244 e. The van der Waals surface area contributed by atoms with Gasteiger partial charge in [0, 0.05) is 23.5 Å². The molecule has 7 nitrogen and oxygen atoms in total. The van der Waals surface area contributed by atoms with Crippen LogP contribution < -0.4 is 20.2 Å². The van der Waals surface area contributed by atoms with Crippen molar-refractivity contribution >= 4 is 28.3 Å². The summed E-state index contributed by atoms with van der Waals surface area (Å²) in [6.07, 6.45) is 1.38. The van der Waals surface area contributed by atoms with Gasteiger partial charge in [-0.2, -0.15) is 0 Å². The molecule has 0 radical (unpaired) electrons. The van der Waals surface area contributed by atoms with Crippen molar-refractivity contribution in [1.82, 2.24) is 4.57 Å². The van der Waals surface area contributed by atoms with Crippen LogP contribution in [0.2, 0.25) is 0 Å². The Hall–Kier alpha value is -4.46. The lowest BCUT2D eigenvalue weighted by Crippen LogP contribution is -2.24. The van der Waals surface area contributed by atoms with Crippen LogP contribution in [0, 0.1) is 5.82 Å². The fourth-order valence-corrected chi connectivity index (χ4v) is 3.71. The first-order valence-corrected chi connectivity index (χ1v) is 10.1. The van der Waals surface area contributed by atoms with E-state index in [1.807, 2.05) is 0 Å². The summed E-state index contributed by atoms with van der Waals surface area (Å²) in [6, 6.07) is 16.9. The highest BCUT2D eigenvalue weighted by Crippen LogP contribution is 2.35. The third-order valence-corrected chi connectivity index (χ3v) is 5.30. The largest absolute Gasteiger partial charge is 0.454 e. The van der Waals surface area contributed by atoms with E-state index in [4.69, 9.17) is 9.47 Å². The normalized spacial score (nSPS) is 12.0. The predicted molar refractivity (Wildman–Crippen MR) is 119 cm³/mol. The van der Waals surface area contributed by atoms with E-state index in [2.05, 4.69) is 5.32 Å². The Kier molecular flexibility index (Phi) is 5.10. The lowest BCUT2D eigenvalue weighted by Gasteiger charge is -2.14. The van der Waals surface area contributed by atoms with Crippen molar-refractivity contribution < 1.29 is 23.5 Å². The molecule has 0 saturated heterocycles. The van der Waals surface area contributed by atoms with Crippen molar-refractivity contribution in [3.63, 3.8) is 0 Å². The summed E-state index contributed by atoms with van der Waals surface area (Å²) in [7, 11) is 0. The molecule has 2 heterocycles. The monoisotopic (exact) mass is 444 g/mol. The molecule has 0 unspecified atom stereocenters. The molecule has 3 aromatic carbocycles. The van der Waals surface area contributed by atoms with Crippen molar-refractivity contribution in [2.24, 2.45) is 0 Å². The van der Waals surface area contributed by atoms with E-state index in [1.165, 1.54) is 41.1 Å². The summed E-state index contributed by atoms with van der Waals surface area (Å²) in [5.74, 6) is -0.447. The number of carbonyl (C=O) groups excluding carboxylic acids is 2. The van der Waals surface area contributed by atoms with Gasteiger partial charge in [-0.25, -0.2) is 4.39 Å². The third-order valence-electron chi connectivity index (χ3n) is 5.30. The topological polar surface area (TPSA) is 86.6 Å². The first-order chi connectivity index (χ1) is 16.0. The van der Waals surface area contributed by atoms with Gasteiger partial charge in [0.2, 0.25) is 18.1 Å². The van der Waals surface area contributed by atoms with Crippen molar-refractivity contribution in [2.75, 3.05) is 12.1 Å². The number of fused-ring (bicyclic) bond motifs is 2. The van der Waals surface area contributed by atoms with E-state index in [0.29, 0.717) is 28.3 Å². The van der Waals surface area contributed by atoms with Crippen LogP contribution in [-0.2, 0) is 11.3 Å². The Balaban J connectivity index is 1.59. The fraction of sp³-hybridized carbons (Fsp3) is 0.0800. The Morgan fingerprint density at radius 3 is 2.39 bits per heavy atom. The van der Waals surface area contributed by atoms with Gasteiger partial charge in [-0.05, 0) is 30.3 Å². The molecule has 0 atom stereocenters. The van der Waals surface area contributed by atoms with Crippen LogP contribution in [0.25, 0.3) is 10.9 Å². The average molecular weight is 444 g/mol. The predicted octanol–water partition coefficient (Wildman–Crippen LogP) is 3.74. The maximum absolute atomic E-state index is 13.2. The van der Waals surface area contributed by atoms with Gasteiger partial charge < -0.3 is 19.4 Å². The third kappa shape index (κ3) is 3.94. The molecule has 164 valence electrons. The van der Waals surface area contributed by atoms with Gasteiger partial charge in [-0.1, -0.05) is 30.3 Å². The molecule has 1 aliphatic rings. The first kappa shape index (κ1) is 20.4. The number of hydrogen-bond donors (Lipinski definition) is 1. The number of anilines is 1. The number of amides is 1. The maximum atomic E-state index is 13.2. The van der Waals surface area contributed by atoms with Crippen LogP contribution in [-0.4, -0.2) is 23.1 Å². The second kappa shape index (κ2) is 8.23. The lowest BCUT2D eigenvalue weighted by molar-refractivity contribution is -0.116. The molecule has 0 spiro atoms. The second-order valence-electron chi connectivity index (χ2n) is 7.47. The molecular weight excluding hydrogens is 427 g/mol. The number of benzene rings is 3. The van der Waals surface area contributed by atoms with Crippen molar-refractivity contribution in [1.29, 1.82) is 0 Å². The van der Waals surface area contributed by atoms with Crippen molar-refractivity contribution in [3.05, 3.63) is 100 Å². The number of ketones is 1. The molecule has 1 aromatic heterocycles. The number of rotatable bonds is 5.